The summed E-state index contributed by atoms with van der Waals surface area (Å²) in [5.74, 6) is -0.0317. The van der Waals surface area contributed by atoms with Crippen molar-refractivity contribution in [2.75, 3.05) is 0 Å². The Balaban J connectivity index is 2.76. The minimum absolute atomic E-state index is 0.0317. The molecule has 0 radical (unpaired) electrons. The van der Waals surface area contributed by atoms with Gasteiger partial charge in [-0.25, -0.2) is 0 Å². The van der Waals surface area contributed by atoms with E-state index >= 15 is 0 Å². The van der Waals surface area contributed by atoms with Crippen molar-refractivity contribution >= 4 is 16.7 Å². The number of benzene rings is 1. The smallest absolute Gasteiger partial charge is 0.224 e. The summed E-state index contributed by atoms with van der Waals surface area (Å²) in [4.78, 5) is 11.1. The van der Waals surface area contributed by atoms with Crippen LogP contribution in [0.15, 0.2) is 36.5 Å². The lowest BCUT2D eigenvalue weighted by Gasteiger charge is -2.01. The molecular formula is C11H9NO2. The largest absolute Gasteiger partial charge is 0.618 e. The number of Topliss-reactive ketones (excluding diaryl/α,β-unsaturated/α-hetero) is 1. The fourth-order valence-electron chi connectivity index (χ4n) is 1.40. The second-order valence-electron chi connectivity index (χ2n) is 3.16. The van der Waals surface area contributed by atoms with Gasteiger partial charge in [-0.15, -0.1) is 0 Å². The zero-order chi connectivity index (χ0) is 10.1. The standard InChI is InChI=1S/C11H9NO2/c1-8(13)10-5-4-9-3-2-6-12(14)11(9)7-10/h2-7H,1H3. The third kappa shape index (κ3) is 1.33. The molecule has 2 aromatic rings. The predicted octanol–water partition coefficient (Wildman–Crippen LogP) is 1.68. The molecule has 0 N–H and O–H groups in total. The number of pyridine rings is 1. The van der Waals surface area contributed by atoms with Crippen molar-refractivity contribution in [1.82, 2.24) is 0 Å². The minimum atomic E-state index is -0.0317. The first-order chi connectivity index (χ1) is 6.68. The lowest BCUT2D eigenvalue weighted by Crippen LogP contribution is -2.25. The molecule has 0 aliphatic heterocycles. The van der Waals surface area contributed by atoms with Crippen molar-refractivity contribution in [3.05, 3.63) is 47.3 Å². The predicted molar refractivity (Wildman–Crippen MR) is 52.9 cm³/mol. The molecule has 3 heteroatoms. The van der Waals surface area contributed by atoms with Crippen LogP contribution in [0.3, 0.4) is 0 Å². The van der Waals surface area contributed by atoms with Crippen LogP contribution in [0, 0.1) is 5.21 Å². The number of nitrogens with zero attached hydrogens (tertiary/aromatic N) is 1. The number of fused-ring (bicyclic) bond motifs is 1. The van der Waals surface area contributed by atoms with E-state index in [2.05, 4.69) is 0 Å². The van der Waals surface area contributed by atoms with E-state index in [1.165, 1.54) is 13.1 Å². The number of ketones is 1. The zero-order valence-corrected chi connectivity index (χ0v) is 7.73. The molecule has 1 aromatic heterocycles. The van der Waals surface area contributed by atoms with Crippen LogP contribution in [0.2, 0.25) is 0 Å². The SMILES string of the molecule is CC(=O)c1ccc2ccc[n+]([O-])c2c1. The first-order valence-electron chi connectivity index (χ1n) is 4.31. The van der Waals surface area contributed by atoms with Gasteiger partial charge in [0.2, 0.25) is 5.52 Å². The maximum atomic E-state index is 11.4. The van der Waals surface area contributed by atoms with Gasteiger partial charge in [-0.05, 0) is 19.1 Å². The zero-order valence-electron chi connectivity index (χ0n) is 7.73. The summed E-state index contributed by atoms with van der Waals surface area (Å²) in [6.07, 6.45) is 1.42. The Labute approximate surface area is 81.2 Å². The first kappa shape index (κ1) is 8.69. The van der Waals surface area contributed by atoms with Crippen LogP contribution in [0.5, 0.6) is 0 Å². The summed E-state index contributed by atoms with van der Waals surface area (Å²) in [6, 6.07) is 8.65. The molecule has 0 fully saturated rings. The van der Waals surface area contributed by atoms with E-state index < -0.39 is 0 Å². The average Bonchev–Trinajstić information content (AvgIpc) is 2.18. The van der Waals surface area contributed by atoms with Gasteiger partial charge >= 0.3 is 0 Å². The van der Waals surface area contributed by atoms with Gasteiger partial charge in [-0.1, -0.05) is 6.07 Å². The van der Waals surface area contributed by atoms with Crippen molar-refractivity contribution < 1.29 is 9.52 Å². The van der Waals surface area contributed by atoms with Crippen LogP contribution in [0.25, 0.3) is 10.9 Å². The Morgan fingerprint density at radius 3 is 2.86 bits per heavy atom. The molecule has 0 saturated heterocycles. The third-order valence-corrected chi connectivity index (χ3v) is 2.17. The molecule has 0 spiro atoms. The van der Waals surface area contributed by atoms with Crippen molar-refractivity contribution in [1.29, 1.82) is 0 Å². The first-order valence-corrected chi connectivity index (χ1v) is 4.31. The van der Waals surface area contributed by atoms with E-state index in [4.69, 9.17) is 0 Å². The molecule has 0 aliphatic rings. The molecule has 14 heavy (non-hydrogen) atoms. The maximum absolute atomic E-state index is 11.4. The van der Waals surface area contributed by atoms with Gasteiger partial charge in [0.15, 0.2) is 12.0 Å². The lowest BCUT2D eigenvalue weighted by molar-refractivity contribution is -0.577. The fraction of sp³-hybridized carbons (Fsp3) is 0.0909. The number of aromatic nitrogens is 1. The van der Waals surface area contributed by atoms with Crippen molar-refractivity contribution in [2.45, 2.75) is 6.92 Å². The summed E-state index contributed by atoms with van der Waals surface area (Å²) in [6.45, 7) is 1.49. The number of carbonyl (C=O) groups is 1. The molecule has 1 heterocycles. The van der Waals surface area contributed by atoms with E-state index in [0.717, 1.165) is 10.1 Å². The molecule has 1 aromatic carbocycles. The van der Waals surface area contributed by atoms with E-state index in [1.54, 1.807) is 24.3 Å². The summed E-state index contributed by atoms with van der Waals surface area (Å²) in [5, 5.41) is 12.2. The second-order valence-corrected chi connectivity index (χ2v) is 3.16. The van der Waals surface area contributed by atoms with Crippen molar-refractivity contribution in [2.24, 2.45) is 0 Å². The van der Waals surface area contributed by atoms with E-state index in [1.807, 2.05) is 6.07 Å². The van der Waals surface area contributed by atoms with Crippen LogP contribution in [0.1, 0.15) is 17.3 Å². The molecule has 0 aliphatic carbocycles. The van der Waals surface area contributed by atoms with Gasteiger partial charge in [0.1, 0.15) is 0 Å². The van der Waals surface area contributed by atoms with Crippen LogP contribution >= 0.6 is 0 Å². The van der Waals surface area contributed by atoms with Gasteiger partial charge in [-0.3, -0.25) is 4.79 Å². The molecule has 3 nitrogen and oxygen atoms in total. The monoisotopic (exact) mass is 187 g/mol. The number of hydrogen-bond donors (Lipinski definition) is 0. The highest BCUT2D eigenvalue weighted by molar-refractivity contribution is 5.97. The lowest BCUT2D eigenvalue weighted by atomic mass is 10.1. The van der Waals surface area contributed by atoms with Crippen molar-refractivity contribution in [3.8, 4) is 0 Å². The Hall–Kier alpha value is -1.90. The molecule has 2 rings (SSSR count). The van der Waals surface area contributed by atoms with Gasteiger partial charge in [0, 0.05) is 23.1 Å². The maximum Gasteiger partial charge on any atom is 0.224 e. The number of carbonyl (C=O) groups excluding carboxylic acids is 1. The summed E-state index contributed by atoms with van der Waals surface area (Å²) < 4.78 is 0.766. The van der Waals surface area contributed by atoms with Crippen LogP contribution in [-0.4, -0.2) is 5.78 Å². The van der Waals surface area contributed by atoms with Gasteiger partial charge in [0.25, 0.3) is 0 Å². The van der Waals surface area contributed by atoms with E-state index in [9.17, 15) is 10.0 Å². The molecular weight excluding hydrogens is 178 g/mol. The average molecular weight is 187 g/mol. The second kappa shape index (κ2) is 3.10. The Morgan fingerprint density at radius 2 is 2.14 bits per heavy atom. The quantitative estimate of drug-likeness (QED) is 0.387. The summed E-state index contributed by atoms with van der Waals surface area (Å²) in [7, 11) is 0. The van der Waals surface area contributed by atoms with Gasteiger partial charge in [-0.2, -0.15) is 4.73 Å². The third-order valence-electron chi connectivity index (χ3n) is 2.17. The molecule has 70 valence electrons. The Bertz CT molecular complexity index is 506. The van der Waals surface area contributed by atoms with Crippen LogP contribution < -0.4 is 4.73 Å². The summed E-state index contributed by atoms with van der Waals surface area (Å²) in [5.41, 5.74) is 1.09. The molecule has 0 saturated carbocycles. The van der Waals surface area contributed by atoms with E-state index in [-0.39, 0.29) is 5.78 Å². The van der Waals surface area contributed by atoms with E-state index in [0.29, 0.717) is 11.1 Å². The molecule has 0 atom stereocenters. The Kier molecular flexibility index (Phi) is 1.93. The topological polar surface area (TPSA) is 44.0 Å². The highest BCUT2D eigenvalue weighted by atomic mass is 16.5. The van der Waals surface area contributed by atoms with Crippen LogP contribution in [-0.2, 0) is 0 Å². The molecule has 0 bridgehead atoms. The Morgan fingerprint density at radius 1 is 1.36 bits per heavy atom. The molecule has 0 amide bonds. The fourth-order valence-corrected chi connectivity index (χ4v) is 1.40. The minimum Gasteiger partial charge on any atom is -0.618 e. The highest BCUT2D eigenvalue weighted by Crippen LogP contribution is 2.12. The summed E-state index contributed by atoms with van der Waals surface area (Å²) >= 11 is 0. The number of hydrogen-bond acceptors (Lipinski definition) is 2. The number of rotatable bonds is 1. The molecule has 0 unspecified atom stereocenters. The van der Waals surface area contributed by atoms with Crippen molar-refractivity contribution in [3.63, 3.8) is 0 Å². The van der Waals surface area contributed by atoms with Gasteiger partial charge in [0.05, 0.1) is 0 Å². The van der Waals surface area contributed by atoms with Gasteiger partial charge < -0.3 is 5.21 Å². The normalized spacial score (nSPS) is 10.4. The van der Waals surface area contributed by atoms with Crippen LogP contribution in [0.4, 0.5) is 0 Å². The highest BCUT2D eigenvalue weighted by Gasteiger charge is 2.06.